The Morgan fingerprint density at radius 1 is 1.33 bits per heavy atom. The van der Waals surface area contributed by atoms with E-state index in [1.807, 2.05) is 11.0 Å². The fourth-order valence-electron chi connectivity index (χ4n) is 2.57. The molecule has 1 saturated heterocycles. The van der Waals surface area contributed by atoms with Gasteiger partial charge < -0.3 is 5.73 Å². The molecule has 1 aromatic carbocycles. The van der Waals surface area contributed by atoms with E-state index in [1.54, 1.807) is 25.1 Å². The average Bonchev–Trinajstić information content (AvgIpc) is 2.40. The lowest BCUT2D eigenvalue weighted by molar-refractivity contribution is -0.119. The molecule has 21 heavy (non-hydrogen) atoms. The van der Waals surface area contributed by atoms with Crippen LogP contribution in [0.2, 0.25) is 0 Å². The smallest absolute Gasteiger partial charge is 0.241 e. The minimum absolute atomic E-state index is 0.0984. The van der Waals surface area contributed by atoms with Crippen molar-refractivity contribution in [2.45, 2.75) is 30.7 Å². The van der Waals surface area contributed by atoms with E-state index in [0.29, 0.717) is 30.8 Å². The molecule has 1 aromatic rings. The van der Waals surface area contributed by atoms with E-state index in [4.69, 9.17) is 5.73 Å². The van der Waals surface area contributed by atoms with Crippen LogP contribution in [-0.2, 0) is 14.8 Å². The highest BCUT2D eigenvalue weighted by molar-refractivity contribution is 7.89. The van der Waals surface area contributed by atoms with Gasteiger partial charge in [0.25, 0.3) is 0 Å². The van der Waals surface area contributed by atoms with Crippen molar-refractivity contribution in [3.63, 3.8) is 0 Å². The molecule has 1 aliphatic heterocycles. The molecule has 6 nitrogen and oxygen atoms in total. The van der Waals surface area contributed by atoms with E-state index in [0.717, 1.165) is 5.56 Å². The summed E-state index contributed by atoms with van der Waals surface area (Å²) in [5.74, 6) is -0.353. The lowest BCUT2D eigenvalue weighted by Crippen LogP contribution is -2.46. The van der Waals surface area contributed by atoms with Crippen LogP contribution in [0.15, 0.2) is 29.2 Å². The molecule has 3 N–H and O–H groups in total. The number of rotatable bonds is 5. The van der Waals surface area contributed by atoms with Gasteiger partial charge in [0.1, 0.15) is 0 Å². The monoisotopic (exact) mass is 311 g/mol. The number of piperidine rings is 1. The van der Waals surface area contributed by atoms with Crippen LogP contribution >= 0.6 is 0 Å². The summed E-state index contributed by atoms with van der Waals surface area (Å²) in [6.45, 7) is 3.36. The van der Waals surface area contributed by atoms with Gasteiger partial charge in [-0.2, -0.15) is 0 Å². The molecule has 0 bridgehead atoms. The van der Waals surface area contributed by atoms with Gasteiger partial charge in [-0.05, 0) is 31.4 Å². The zero-order valence-electron chi connectivity index (χ0n) is 12.1. The first-order valence-corrected chi connectivity index (χ1v) is 8.45. The molecule has 0 spiro atoms. The molecular formula is C14H21N3O3S. The minimum atomic E-state index is -3.49. The molecule has 1 aliphatic rings. The summed E-state index contributed by atoms with van der Waals surface area (Å²) in [6.07, 6.45) is 1.36. The van der Waals surface area contributed by atoms with Crippen molar-refractivity contribution in [2.24, 2.45) is 5.73 Å². The third-order valence-electron chi connectivity index (χ3n) is 3.67. The van der Waals surface area contributed by atoms with E-state index in [1.165, 1.54) is 0 Å². The fraction of sp³-hybridized carbons (Fsp3) is 0.500. The zero-order valence-corrected chi connectivity index (χ0v) is 12.9. The molecule has 0 aliphatic carbocycles. The summed E-state index contributed by atoms with van der Waals surface area (Å²) in [5, 5.41) is 0. The average molecular weight is 311 g/mol. The highest BCUT2D eigenvalue weighted by atomic mass is 32.2. The molecule has 2 rings (SSSR count). The first kappa shape index (κ1) is 15.9. The van der Waals surface area contributed by atoms with Gasteiger partial charge in [-0.25, -0.2) is 13.1 Å². The van der Waals surface area contributed by atoms with Crippen LogP contribution in [0.5, 0.6) is 0 Å². The Morgan fingerprint density at radius 3 is 2.52 bits per heavy atom. The predicted molar refractivity (Wildman–Crippen MR) is 80.2 cm³/mol. The molecule has 0 radical (unpaired) electrons. The highest BCUT2D eigenvalue weighted by Gasteiger charge is 2.25. The third-order valence-corrected chi connectivity index (χ3v) is 5.35. The third kappa shape index (κ3) is 4.26. The molecule has 7 heteroatoms. The lowest BCUT2D eigenvalue weighted by atomic mass is 10.1. The van der Waals surface area contributed by atoms with Gasteiger partial charge in [0.15, 0.2) is 0 Å². The van der Waals surface area contributed by atoms with Crippen molar-refractivity contribution in [1.82, 2.24) is 9.62 Å². The molecular weight excluding hydrogens is 290 g/mol. The van der Waals surface area contributed by atoms with E-state index < -0.39 is 10.0 Å². The maximum atomic E-state index is 12.4. The predicted octanol–water partition coefficient (Wildman–Crippen LogP) is 0.223. The Labute approximate surface area is 125 Å². The van der Waals surface area contributed by atoms with Crippen molar-refractivity contribution in [3.05, 3.63) is 29.8 Å². The zero-order chi connectivity index (χ0) is 15.5. The van der Waals surface area contributed by atoms with E-state index in [9.17, 15) is 13.2 Å². The number of aryl methyl sites for hydroxylation is 1. The molecule has 1 amide bonds. The normalized spacial score (nSPS) is 17.8. The van der Waals surface area contributed by atoms with Crippen LogP contribution in [0.1, 0.15) is 18.4 Å². The number of sulfonamides is 1. The first-order valence-electron chi connectivity index (χ1n) is 6.97. The van der Waals surface area contributed by atoms with Gasteiger partial charge in [-0.1, -0.05) is 18.2 Å². The molecule has 0 saturated carbocycles. The summed E-state index contributed by atoms with van der Waals surface area (Å²) >= 11 is 0. The van der Waals surface area contributed by atoms with Crippen LogP contribution in [0, 0.1) is 6.92 Å². The van der Waals surface area contributed by atoms with E-state index in [2.05, 4.69) is 4.72 Å². The second kappa shape index (κ2) is 6.55. The van der Waals surface area contributed by atoms with Gasteiger partial charge >= 0.3 is 0 Å². The number of nitrogens with zero attached hydrogens (tertiary/aromatic N) is 1. The Bertz CT molecular complexity index is 608. The summed E-state index contributed by atoms with van der Waals surface area (Å²) in [4.78, 5) is 13.1. The lowest BCUT2D eigenvalue weighted by Gasteiger charge is -2.31. The number of likely N-dealkylation sites (tertiary alicyclic amines) is 1. The van der Waals surface area contributed by atoms with Gasteiger partial charge in [-0.3, -0.25) is 9.69 Å². The largest absolute Gasteiger partial charge is 0.369 e. The summed E-state index contributed by atoms with van der Waals surface area (Å²) in [7, 11) is -3.49. The topological polar surface area (TPSA) is 92.5 Å². The molecule has 0 unspecified atom stereocenters. The highest BCUT2D eigenvalue weighted by Crippen LogP contribution is 2.17. The van der Waals surface area contributed by atoms with Crippen molar-refractivity contribution in [1.29, 1.82) is 0 Å². The molecule has 116 valence electrons. The number of primary amides is 1. The molecule has 0 atom stereocenters. The number of hydrogen-bond acceptors (Lipinski definition) is 4. The fourth-order valence-corrected chi connectivity index (χ4v) is 4.12. The van der Waals surface area contributed by atoms with Crippen LogP contribution in [-0.4, -0.2) is 44.9 Å². The second-order valence-corrected chi connectivity index (χ2v) is 7.09. The molecule has 0 aromatic heterocycles. The van der Waals surface area contributed by atoms with E-state index >= 15 is 0 Å². The standard InChI is InChI=1S/C14H21N3O3S/c1-11-4-2-3-5-13(11)21(19,20)16-12-6-8-17(9-7-12)10-14(15)18/h2-5,12,16H,6-10H2,1H3,(H2,15,18). The van der Waals surface area contributed by atoms with Crippen molar-refractivity contribution in [2.75, 3.05) is 19.6 Å². The summed E-state index contributed by atoms with van der Waals surface area (Å²) in [5.41, 5.74) is 5.89. The van der Waals surface area contributed by atoms with Gasteiger partial charge in [-0.15, -0.1) is 0 Å². The van der Waals surface area contributed by atoms with Crippen LogP contribution in [0.4, 0.5) is 0 Å². The van der Waals surface area contributed by atoms with Crippen LogP contribution in [0.3, 0.4) is 0 Å². The Morgan fingerprint density at radius 2 is 1.95 bits per heavy atom. The number of hydrogen-bond donors (Lipinski definition) is 2. The Hall–Kier alpha value is -1.44. The maximum Gasteiger partial charge on any atom is 0.241 e. The molecule has 1 heterocycles. The Kier molecular flexibility index (Phi) is 4.97. The summed E-state index contributed by atoms with van der Waals surface area (Å²) in [6, 6.07) is 6.83. The summed E-state index contributed by atoms with van der Waals surface area (Å²) < 4.78 is 27.5. The van der Waals surface area contributed by atoms with Crippen LogP contribution < -0.4 is 10.5 Å². The van der Waals surface area contributed by atoms with Crippen molar-refractivity contribution in [3.8, 4) is 0 Å². The van der Waals surface area contributed by atoms with Gasteiger partial charge in [0.05, 0.1) is 11.4 Å². The number of nitrogens with one attached hydrogen (secondary N) is 1. The maximum absolute atomic E-state index is 12.4. The minimum Gasteiger partial charge on any atom is -0.369 e. The number of amides is 1. The van der Waals surface area contributed by atoms with Gasteiger partial charge in [0.2, 0.25) is 15.9 Å². The van der Waals surface area contributed by atoms with Crippen molar-refractivity contribution >= 4 is 15.9 Å². The van der Waals surface area contributed by atoms with E-state index in [-0.39, 0.29) is 18.5 Å². The SMILES string of the molecule is Cc1ccccc1S(=O)(=O)NC1CCN(CC(N)=O)CC1. The quantitative estimate of drug-likeness (QED) is 0.814. The second-order valence-electron chi connectivity index (χ2n) is 5.40. The number of nitrogens with two attached hydrogens (primary N) is 1. The van der Waals surface area contributed by atoms with Crippen LogP contribution in [0.25, 0.3) is 0 Å². The Balaban J connectivity index is 1.97. The van der Waals surface area contributed by atoms with Gasteiger partial charge in [0, 0.05) is 19.1 Å². The first-order chi connectivity index (χ1) is 9.88. The molecule has 1 fully saturated rings. The van der Waals surface area contributed by atoms with Crippen molar-refractivity contribution < 1.29 is 13.2 Å². The number of carbonyl (C=O) groups excluding carboxylic acids is 1. The number of benzene rings is 1. The number of carbonyl (C=O) groups is 1.